The van der Waals surface area contributed by atoms with Gasteiger partial charge in [-0.25, -0.2) is 0 Å². The predicted octanol–water partition coefficient (Wildman–Crippen LogP) is 6.48. The van der Waals surface area contributed by atoms with Gasteiger partial charge in [-0.15, -0.1) is 6.58 Å². The second-order valence-corrected chi connectivity index (χ2v) is 16.9. The van der Waals surface area contributed by atoms with Crippen molar-refractivity contribution in [2.24, 2.45) is 17.3 Å². The molecule has 0 unspecified atom stereocenters. The Labute approximate surface area is 208 Å². The van der Waals surface area contributed by atoms with E-state index in [0.29, 0.717) is 5.92 Å². The molecule has 2 aliphatic rings. The molecule has 2 nitrogen and oxygen atoms in total. The second kappa shape index (κ2) is 9.08. The van der Waals surface area contributed by atoms with Crippen LogP contribution in [-0.4, -0.2) is 25.1 Å². The predicted molar refractivity (Wildman–Crippen MR) is 146 cm³/mol. The first-order valence-electron chi connectivity index (χ1n) is 13.1. The second-order valence-electron chi connectivity index (χ2n) is 12.6. The fourth-order valence-electron chi connectivity index (χ4n) is 7.61. The average molecular weight is 477 g/mol. The highest BCUT2D eigenvalue weighted by molar-refractivity contribution is 6.99. The molecule has 2 saturated carbocycles. The first-order valence-corrected chi connectivity index (χ1v) is 15.0. The van der Waals surface area contributed by atoms with Crippen molar-refractivity contribution in [1.82, 2.24) is 0 Å². The molecule has 0 saturated heterocycles. The molecule has 0 aromatic heterocycles. The minimum absolute atomic E-state index is 0.0444. The maximum Gasteiger partial charge on any atom is 0.261 e. The van der Waals surface area contributed by atoms with Gasteiger partial charge in [0.1, 0.15) is 0 Å². The summed E-state index contributed by atoms with van der Waals surface area (Å²) in [6.45, 7) is 17.9. The first kappa shape index (κ1) is 25.4. The van der Waals surface area contributed by atoms with Gasteiger partial charge in [0.05, 0.1) is 11.7 Å². The summed E-state index contributed by atoms with van der Waals surface area (Å²) < 4.78 is 7.68. The Kier molecular flexibility index (Phi) is 6.78. The lowest BCUT2D eigenvalue weighted by Gasteiger charge is -2.56. The summed E-state index contributed by atoms with van der Waals surface area (Å²) in [5, 5.41) is 14.3. The lowest BCUT2D eigenvalue weighted by molar-refractivity contribution is -0.142. The van der Waals surface area contributed by atoms with Crippen LogP contribution in [0, 0.1) is 17.3 Å². The van der Waals surface area contributed by atoms with Crippen LogP contribution in [0.5, 0.6) is 0 Å². The van der Waals surface area contributed by atoms with Crippen LogP contribution >= 0.6 is 0 Å². The zero-order valence-corrected chi connectivity index (χ0v) is 23.1. The fraction of sp³-hybridized carbons (Fsp3) is 0.548. The van der Waals surface area contributed by atoms with E-state index in [1.165, 1.54) is 15.9 Å². The third-order valence-electron chi connectivity index (χ3n) is 8.90. The molecule has 184 valence electrons. The third-order valence-corrected chi connectivity index (χ3v) is 13.9. The molecule has 1 N–H and O–H groups in total. The molecule has 0 bridgehead atoms. The van der Waals surface area contributed by atoms with E-state index in [0.717, 1.165) is 32.1 Å². The molecule has 0 spiro atoms. The van der Waals surface area contributed by atoms with Crippen LogP contribution in [0.25, 0.3) is 0 Å². The van der Waals surface area contributed by atoms with Crippen molar-refractivity contribution in [2.45, 2.75) is 90.4 Å². The molecule has 2 aromatic carbocycles. The van der Waals surface area contributed by atoms with Crippen LogP contribution in [0.15, 0.2) is 72.8 Å². The van der Waals surface area contributed by atoms with Crippen LogP contribution in [0.1, 0.15) is 73.6 Å². The lowest BCUT2D eigenvalue weighted by Crippen LogP contribution is -2.70. The number of fused-ring (bicyclic) bond motifs is 1. The fourth-order valence-corrected chi connectivity index (χ4v) is 12.4. The molecule has 0 aliphatic heterocycles. The molecule has 0 amide bonds. The SMILES string of the molecule is C=C(C)C[C@@H]1CC[C@]2(C)[C@@H](O[Si](c3ccccc3)(c3ccccc3)C(C)(C)C)CC[C@@](C)(O)[C@@H]12. The Morgan fingerprint density at radius 3 is 1.97 bits per heavy atom. The van der Waals surface area contributed by atoms with Gasteiger partial charge >= 0.3 is 0 Å². The first-order chi connectivity index (χ1) is 15.9. The Hall–Kier alpha value is -1.68. The van der Waals surface area contributed by atoms with Crippen molar-refractivity contribution in [1.29, 1.82) is 0 Å². The van der Waals surface area contributed by atoms with Gasteiger partial charge in [-0.05, 0) is 78.6 Å². The van der Waals surface area contributed by atoms with Gasteiger partial charge in [0.25, 0.3) is 8.32 Å². The molecular formula is C31H44O2Si. The van der Waals surface area contributed by atoms with Gasteiger partial charge < -0.3 is 9.53 Å². The van der Waals surface area contributed by atoms with Crippen molar-refractivity contribution in [3.05, 3.63) is 72.8 Å². The Morgan fingerprint density at radius 2 is 1.50 bits per heavy atom. The van der Waals surface area contributed by atoms with Gasteiger partial charge in [0.15, 0.2) is 0 Å². The van der Waals surface area contributed by atoms with E-state index in [2.05, 4.69) is 109 Å². The number of allylic oxidation sites excluding steroid dienone is 1. The van der Waals surface area contributed by atoms with Crippen molar-refractivity contribution >= 4 is 18.7 Å². The van der Waals surface area contributed by atoms with Crippen molar-refractivity contribution < 1.29 is 9.53 Å². The molecule has 4 rings (SSSR count). The Bertz CT molecular complexity index is 952. The van der Waals surface area contributed by atoms with E-state index in [1.54, 1.807) is 0 Å². The Balaban J connectivity index is 1.83. The molecule has 2 fully saturated rings. The molecular weight excluding hydrogens is 432 g/mol. The van der Waals surface area contributed by atoms with Crippen LogP contribution < -0.4 is 10.4 Å². The van der Waals surface area contributed by atoms with Crippen molar-refractivity contribution in [3.8, 4) is 0 Å². The lowest BCUT2D eigenvalue weighted by atomic mass is 9.59. The number of benzene rings is 2. The number of aliphatic hydroxyl groups is 1. The van der Waals surface area contributed by atoms with Gasteiger partial charge in [-0.3, -0.25) is 0 Å². The van der Waals surface area contributed by atoms with E-state index in [4.69, 9.17) is 4.43 Å². The average Bonchev–Trinajstić information content (AvgIpc) is 3.11. The smallest absolute Gasteiger partial charge is 0.261 e. The van der Waals surface area contributed by atoms with Crippen LogP contribution in [-0.2, 0) is 4.43 Å². The summed E-state index contributed by atoms with van der Waals surface area (Å²) in [7, 11) is -2.64. The van der Waals surface area contributed by atoms with Gasteiger partial charge in [-0.2, -0.15) is 0 Å². The molecule has 5 atom stereocenters. The number of hydrogen-bond donors (Lipinski definition) is 1. The maximum absolute atomic E-state index is 11.6. The molecule has 34 heavy (non-hydrogen) atoms. The highest BCUT2D eigenvalue weighted by Crippen LogP contribution is 2.61. The standard InChI is InChI=1S/C31H44O2Si/c1-23(2)22-24-18-20-30(6)27(19-21-31(7,32)28(24)30)33-34(29(3,4)5,25-14-10-8-11-15-25)26-16-12-9-13-17-26/h8-17,24,27-28,32H,1,18-22H2,2-7H3/t24-,27-,28-,30+,31+/m0/s1. The van der Waals surface area contributed by atoms with Crippen LogP contribution in [0.4, 0.5) is 0 Å². The summed E-state index contributed by atoms with van der Waals surface area (Å²) in [4.78, 5) is 0. The normalized spacial score (nSPS) is 31.8. The molecule has 2 aromatic rings. The summed E-state index contributed by atoms with van der Waals surface area (Å²) in [5.74, 6) is 0.705. The minimum Gasteiger partial charge on any atom is -0.404 e. The molecule has 0 radical (unpaired) electrons. The van der Waals surface area contributed by atoms with E-state index >= 15 is 0 Å². The monoisotopic (exact) mass is 476 g/mol. The highest BCUT2D eigenvalue weighted by atomic mass is 28.4. The third kappa shape index (κ3) is 4.25. The van der Waals surface area contributed by atoms with Crippen molar-refractivity contribution in [3.63, 3.8) is 0 Å². The van der Waals surface area contributed by atoms with Crippen LogP contribution in [0.2, 0.25) is 5.04 Å². The maximum atomic E-state index is 11.6. The van der Waals surface area contributed by atoms with Gasteiger partial charge in [-0.1, -0.05) is 93.9 Å². The quantitative estimate of drug-likeness (QED) is 0.382. The molecule has 0 heterocycles. The van der Waals surface area contributed by atoms with E-state index in [1.807, 2.05) is 0 Å². The minimum atomic E-state index is -2.64. The van der Waals surface area contributed by atoms with Crippen molar-refractivity contribution in [2.75, 3.05) is 0 Å². The topological polar surface area (TPSA) is 29.5 Å². The van der Waals surface area contributed by atoms with E-state index in [9.17, 15) is 5.11 Å². The number of rotatable bonds is 6. The summed E-state index contributed by atoms with van der Waals surface area (Å²) in [6.07, 6.45) is 5.08. The molecule has 3 heteroatoms. The van der Waals surface area contributed by atoms with E-state index < -0.39 is 13.9 Å². The summed E-state index contributed by atoms with van der Waals surface area (Å²) in [5.41, 5.74) is 0.520. The zero-order valence-electron chi connectivity index (χ0n) is 22.1. The van der Waals surface area contributed by atoms with Crippen LogP contribution in [0.3, 0.4) is 0 Å². The summed E-state index contributed by atoms with van der Waals surface area (Å²) in [6, 6.07) is 21.9. The number of hydrogen-bond acceptors (Lipinski definition) is 2. The van der Waals surface area contributed by atoms with Gasteiger partial charge in [0.2, 0.25) is 0 Å². The zero-order chi connectivity index (χ0) is 24.8. The largest absolute Gasteiger partial charge is 0.404 e. The summed E-state index contributed by atoms with van der Waals surface area (Å²) >= 11 is 0. The Morgan fingerprint density at radius 1 is 0.971 bits per heavy atom. The van der Waals surface area contributed by atoms with E-state index in [-0.39, 0.29) is 22.5 Å². The molecule has 2 aliphatic carbocycles. The van der Waals surface area contributed by atoms with Gasteiger partial charge in [0, 0.05) is 0 Å². The highest BCUT2D eigenvalue weighted by Gasteiger charge is 2.62.